The summed E-state index contributed by atoms with van der Waals surface area (Å²) >= 11 is 6.98. The first-order chi connectivity index (χ1) is 18.3. The summed E-state index contributed by atoms with van der Waals surface area (Å²) in [5.74, 6) is -1.83. The van der Waals surface area contributed by atoms with E-state index >= 15 is 0 Å². The van der Waals surface area contributed by atoms with Crippen LogP contribution in [0.2, 0.25) is 0 Å². The van der Waals surface area contributed by atoms with Gasteiger partial charge in [0.05, 0.1) is 10.2 Å². The van der Waals surface area contributed by atoms with Crippen LogP contribution in [0.1, 0.15) is 43.7 Å². The van der Waals surface area contributed by atoms with E-state index in [4.69, 9.17) is 17.2 Å². The lowest BCUT2D eigenvalue weighted by molar-refractivity contribution is -0.137. The molecule has 9 heteroatoms. The van der Waals surface area contributed by atoms with Gasteiger partial charge in [-0.25, -0.2) is 4.98 Å². The van der Waals surface area contributed by atoms with Gasteiger partial charge in [-0.1, -0.05) is 30.3 Å². The van der Waals surface area contributed by atoms with E-state index in [0.29, 0.717) is 11.7 Å². The second-order valence-corrected chi connectivity index (χ2v) is 10.8. The van der Waals surface area contributed by atoms with Crippen molar-refractivity contribution in [2.24, 2.45) is 0 Å². The maximum absolute atomic E-state index is 11.8. The van der Waals surface area contributed by atoms with Crippen LogP contribution in [0.3, 0.4) is 0 Å². The van der Waals surface area contributed by atoms with Gasteiger partial charge in [0.2, 0.25) is 0 Å². The highest BCUT2D eigenvalue weighted by Crippen LogP contribution is 2.55. The van der Waals surface area contributed by atoms with Crippen LogP contribution in [0.25, 0.3) is 31.9 Å². The zero-order valence-corrected chi connectivity index (χ0v) is 22.4. The number of thiocarbonyl (C=S) groups is 1. The number of aliphatic carboxylic acids is 2. The predicted molar refractivity (Wildman–Crippen MR) is 155 cm³/mol. The highest BCUT2D eigenvalue weighted by Gasteiger charge is 2.44. The molecule has 0 spiro atoms. The first-order valence-corrected chi connectivity index (χ1v) is 13.7. The number of benzene rings is 3. The molecule has 194 valence electrons. The van der Waals surface area contributed by atoms with Crippen LogP contribution in [-0.4, -0.2) is 38.8 Å². The molecule has 5 rings (SSSR count). The highest BCUT2D eigenvalue weighted by atomic mass is 32.1. The number of hydrogen-bond acceptors (Lipinski definition) is 5. The largest absolute Gasteiger partial charge is 0.481 e. The van der Waals surface area contributed by atoms with Gasteiger partial charge in [0.25, 0.3) is 0 Å². The number of anilines is 1. The number of nitrogens with zero attached hydrogens (tertiary/aromatic N) is 1. The molecule has 38 heavy (non-hydrogen) atoms. The van der Waals surface area contributed by atoms with E-state index in [1.165, 1.54) is 0 Å². The Hall–Kier alpha value is -3.82. The van der Waals surface area contributed by atoms with Crippen molar-refractivity contribution in [1.29, 1.82) is 0 Å². The number of carboxylic acid groups (broad SMARTS) is 2. The second-order valence-electron chi connectivity index (χ2n) is 9.36. The SMILES string of the molecule is CCNC(=S)Nc1ccc2c(c1)C(CCC(=O)O)(CCC(=O)O)c1cc(-c3nc4ccccc4s3)ccc1-2. The van der Waals surface area contributed by atoms with Crippen molar-refractivity contribution in [3.63, 3.8) is 0 Å². The van der Waals surface area contributed by atoms with E-state index in [9.17, 15) is 19.8 Å². The number of nitrogens with one attached hydrogen (secondary N) is 2. The Balaban J connectivity index is 1.67. The third kappa shape index (κ3) is 4.87. The van der Waals surface area contributed by atoms with Gasteiger partial charge in [-0.05, 0) is 84.6 Å². The Kier molecular flexibility index (Phi) is 7.14. The molecule has 0 fully saturated rings. The van der Waals surface area contributed by atoms with Crippen molar-refractivity contribution in [2.45, 2.75) is 38.0 Å². The van der Waals surface area contributed by atoms with Crippen molar-refractivity contribution < 1.29 is 19.8 Å². The van der Waals surface area contributed by atoms with Crippen LogP contribution in [0, 0.1) is 0 Å². The van der Waals surface area contributed by atoms with E-state index in [1.54, 1.807) is 11.3 Å². The fourth-order valence-corrected chi connectivity index (χ4v) is 6.57. The van der Waals surface area contributed by atoms with Crippen LogP contribution in [0.5, 0.6) is 0 Å². The summed E-state index contributed by atoms with van der Waals surface area (Å²) in [6.45, 7) is 2.64. The lowest BCUT2D eigenvalue weighted by atomic mass is 9.71. The van der Waals surface area contributed by atoms with Gasteiger partial charge >= 0.3 is 11.9 Å². The van der Waals surface area contributed by atoms with Gasteiger partial charge in [-0.2, -0.15) is 0 Å². The molecule has 1 aromatic heterocycles. The fourth-order valence-electron chi connectivity index (χ4n) is 5.34. The molecule has 3 aromatic carbocycles. The number of carbonyl (C=O) groups is 2. The zero-order chi connectivity index (χ0) is 26.9. The van der Waals surface area contributed by atoms with Crippen LogP contribution in [0.4, 0.5) is 5.69 Å². The Labute approximate surface area is 229 Å². The lowest BCUT2D eigenvalue weighted by Crippen LogP contribution is -2.29. The number of rotatable bonds is 9. The third-order valence-electron chi connectivity index (χ3n) is 7.03. The monoisotopic (exact) mass is 545 g/mol. The van der Waals surface area contributed by atoms with E-state index in [-0.39, 0.29) is 25.7 Å². The molecule has 7 nitrogen and oxygen atoms in total. The summed E-state index contributed by atoms with van der Waals surface area (Å²) in [5, 5.41) is 26.9. The normalized spacial score (nSPS) is 13.1. The summed E-state index contributed by atoms with van der Waals surface area (Å²) in [7, 11) is 0. The minimum atomic E-state index is -0.917. The molecule has 1 heterocycles. The molecular formula is C29H27N3O4S2. The second kappa shape index (κ2) is 10.5. The van der Waals surface area contributed by atoms with E-state index in [2.05, 4.69) is 22.8 Å². The average molecular weight is 546 g/mol. The van der Waals surface area contributed by atoms with Gasteiger partial charge in [0.15, 0.2) is 5.11 Å². The first-order valence-electron chi connectivity index (χ1n) is 12.4. The molecule has 1 aliphatic rings. The van der Waals surface area contributed by atoms with Crippen LogP contribution in [-0.2, 0) is 15.0 Å². The lowest BCUT2D eigenvalue weighted by Gasteiger charge is -2.32. The predicted octanol–water partition coefficient (Wildman–Crippen LogP) is 6.27. The molecule has 4 aromatic rings. The summed E-state index contributed by atoms with van der Waals surface area (Å²) in [5.41, 5.74) is 5.66. The smallest absolute Gasteiger partial charge is 0.303 e. The van der Waals surface area contributed by atoms with Crippen LogP contribution < -0.4 is 10.6 Å². The summed E-state index contributed by atoms with van der Waals surface area (Å²) < 4.78 is 1.08. The Morgan fingerprint density at radius 3 is 2.26 bits per heavy atom. The highest BCUT2D eigenvalue weighted by molar-refractivity contribution is 7.80. The van der Waals surface area contributed by atoms with Crippen LogP contribution in [0.15, 0.2) is 60.7 Å². The van der Waals surface area contributed by atoms with Crippen molar-refractivity contribution in [2.75, 3.05) is 11.9 Å². The Bertz CT molecular complexity index is 1510. The summed E-state index contributed by atoms with van der Waals surface area (Å²) in [4.78, 5) is 28.4. The zero-order valence-electron chi connectivity index (χ0n) is 20.8. The number of hydrogen-bond donors (Lipinski definition) is 4. The van der Waals surface area contributed by atoms with Crippen LogP contribution >= 0.6 is 23.6 Å². The molecule has 0 saturated carbocycles. The van der Waals surface area contributed by atoms with Crippen molar-refractivity contribution in [3.8, 4) is 21.7 Å². The number of fused-ring (bicyclic) bond motifs is 4. The molecule has 0 saturated heterocycles. The number of aromatic nitrogens is 1. The molecule has 0 aliphatic heterocycles. The maximum atomic E-state index is 11.8. The minimum Gasteiger partial charge on any atom is -0.481 e. The molecule has 0 amide bonds. The summed E-state index contributed by atoms with van der Waals surface area (Å²) in [6.07, 6.45) is 0.384. The third-order valence-corrected chi connectivity index (χ3v) is 8.36. The van der Waals surface area contributed by atoms with Gasteiger partial charge < -0.3 is 20.8 Å². The molecule has 0 bridgehead atoms. The topological polar surface area (TPSA) is 112 Å². The summed E-state index contributed by atoms with van der Waals surface area (Å²) in [6, 6.07) is 20.1. The molecular weight excluding hydrogens is 518 g/mol. The number of carboxylic acids is 2. The molecule has 0 atom stereocenters. The van der Waals surface area contributed by atoms with Gasteiger partial charge in [-0.3, -0.25) is 9.59 Å². The number of para-hydroxylation sites is 1. The van der Waals surface area contributed by atoms with Crippen molar-refractivity contribution >= 4 is 56.5 Å². The quantitative estimate of drug-likeness (QED) is 0.182. The Morgan fingerprint density at radius 2 is 1.61 bits per heavy atom. The minimum absolute atomic E-state index is 0.0860. The Morgan fingerprint density at radius 1 is 0.947 bits per heavy atom. The van der Waals surface area contributed by atoms with Crippen molar-refractivity contribution in [3.05, 3.63) is 71.8 Å². The van der Waals surface area contributed by atoms with E-state index < -0.39 is 17.4 Å². The fraction of sp³-hybridized carbons (Fsp3) is 0.241. The molecule has 0 radical (unpaired) electrons. The van der Waals surface area contributed by atoms with E-state index in [0.717, 1.165) is 48.7 Å². The average Bonchev–Trinajstić information content (AvgIpc) is 3.44. The maximum Gasteiger partial charge on any atom is 0.303 e. The standard InChI is InChI=1S/C29H27N3O4S2/c1-2-30-28(37)31-18-8-10-20-19-9-7-17(27-32-23-5-3-4-6-24(23)38-27)15-21(19)29(22(20)16-18,13-11-25(33)34)14-12-26(35)36/h3-10,15-16H,2,11-14H2,1H3,(H,33,34)(H,35,36)(H2,30,31,37). The molecule has 1 aliphatic carbocycles. The van der Waals surface area contributed by atoms with Crippen molar-refractivity contribution in [1.82, 2.24) is 10.3 Å². The number of thiazole rings is 1. The molecule has 0 unspecified atom stereocenters. The molecule has 4 N–H and O–H groups in total. The van der Waals surface area contributed by atoms with Gasteiger partial charge in [0.1, 0.15) is 5.01 Å². The van der Waals surface area contributed by atoms with E-state index in [1.807, 2.05) is 55.5 Å². The van der Waals surface area contributed by atoms with Gasteiger partial charge in [0, 0.05) is 36.1 Å². The van der Waals surface area contributed by atoms with Gasteiger partial charge in [-0.15, -0.1) is 11.3 Å². The first kappa shape index (κ1) is 25.8.